The minimum Gasteiger partial charge on any atom is -0.341 e. The van der Waals surface area contributed by atoms with E-state index in [0.29, 0.717) is 23.0 Å². The van der Waals surface area contributed by atoms with Crippen LogP contribution in [-0.4, -0.2) is 53.7 Å². The van der Waals surface area contributed by atoms with Gasteiger partial charge in [-0.15, -0.1) is 0 Å². The first-order valence-corrected chi connectivity index (χ1v) is 8.82. The second-order valence-electron chi connectivity index (χ2n) is 6.46. The summed E-state index contributed by atoms with van der Waals surface area (Å²) >= 11 is 5.83. The number of benzene rings is 1. The molecule has 3 rings (SSSR count). The Balaban J connectivity index is 1.52. The first kappa shape index (κ1) is 16.5. The van der Waals surface area contributed by atoms with Gasteiger partial charge in [0.1, 0.15) is 0 Å². The quantitative estimate of drug-likeness (QED) is 0.795. The molecule has 1 aromatic rings. The van der Waals surface area contributed by atoms with E-state index in [0.717, 1.165) is 26.1 Å². The first-order chi connectivity index (χ1) is 11.1. The highest BCUT2D eigenvalue weighted by atomic mass is 35.5. The Morgan fingerprint density at radius 3 is 2.57 bits per heavy atom. The van der Waals surface area contributed by atoms with E-state index in [1.165, 1.54) is 19.4 Å². The highest BCUT2D eigenvalue weighted by Gasteiger charge is 2.30. The van der Waals surface area contributed by atoms with Crippen molar-refractivity contribution in [1.29, 1.82) is 0 Å². The van der Waals surface area contributed by atoms with Crippen molar-refractivity contribution in [1.82, 2.24) is 9.80 Å². The van der Waals surface area contributed by atoms with Crippen molar-refractivity contribution in [2.75, 3.05) is 26.2 Å². The number of carbonyl (C=O) groups is 2. The Bertz CT molecular complexity index is 573. The van der Waals surface area contributed by atoms with Gasteiger partial charge in [-0.3, -0.25) is 14.5 Å². The zero-order chi connectivity index (χ0) is 16.2. The third-order valence-corrected chi connectivity index (χ3v) is 5.14. The lowest BCUT2D eigenvalue weighted by molar-refractivity contribution is -0.131. The lowest BCUT2D eigenvalue weighted by Gasteiger charge is -2.25. The van der Waals surface area contributed by atoms with Gasteiger partial charge in [0.05, 0.1) is 0 Å². The predicted octanol–water partition coefficient (Wildman–Crippen LogP) is 3.00. The maximum Gasteiger partial charge on any atom is 0.223 e. The Labute approximate surface area is 142 Å². The van der Waals surface area contributed by atoms with E-state index in [4.69, 9.17) is 11.6 Å². The Morgan fingerprint density at radius 1 is 1.04 bits per heavy atom. The number of hydrogen-bond acceptors (Lipinski definition) is 3. The molecular formula is C18H23ClN2O2. The number of Topliss-reactive ketones (excluding diaryl/α,β-unsaturated/α-hetero) is 1. The molecular weight excluding hydrogens is 312 g/mol. The van der Waals surface area contributed by atoms with E-state index in [1.54, 1.807) is 24.3 Å². The number of halogens is 1. The molecule has 2 heterocycles. The Hall–Kier alpha value is -1.39. The molecule has 2 fully saturated rings. The molecule has 0 unspecified atom stereocenters. The normalized spacial score (nSPS) is 21.8. The van der Waals surface area contributed by atoms with Gasteiger partial charge in [0, 0.05) is 49.1 Å². The topological polar surface area (TPSA) is 40.6 Å². The molecule has 0 aromatic heterocycles. The van der Waals surface area contributed by atoms with Crippen LogP contribution >= 0.6 is 11.6 Å². The van der Waals surface area contributed by atoms with Crippen molar-refractivity contribution < 1.29 is 9.59 Å². The summed E-state index contributed by atoms with van der Waals surface area (Å²) in [7, 11) is 0. The average Bonchev–Trinajstić information content (AvgIpc) is 2.89. The molecule has 0 spiro atoms. The fourth-order valence-electron chi connectivity index (χ4n) is 3.59. The highest BCUT2D eigenvalue weighted by Crippen LogP contribution is 2.22. The van der Waals surface area contributed by atoms with Gasteiger partial charge < -0.3 is 4.90 Å². The molecule has 5 heteroatoms. The number of rotatable bonds is 4. The third-order valence-electron chi connectivity index (χ3n) is 4.89. The summed E-state index contributed by atoms with van der Waals surface area (Å²) in [6.45, 7) is 3.91. The van der Waals surface area contributed by atoms with Crippen molar-refractivity contribution in [2.45, 2.75) is 38.1 Å². The summed E-state index contributed by atoms with van der Waals surface area (Å²) in [5.41, 5.74) is 0.625. The number of amides is 1. The van der Waals surface area contributed by atoms with Crippen molar-refractivity contribution in [2.24, 2.45) is 0 Å². The van der Waals surface area contributed by atoms with Gasteiger partial charge in [-0.2, -0.15) is 0 Å². The van der Waals surface area contributed by atoms with Crippen LogP contribution in [0.15, 0.2) is 24.3 Å². The van der Waals surface area contributed by atoms with Crippen LogP contribution in [0.5, 0.6) is 0 Å². The van der Waals surface area contributed by atoms with Crippen molar-refractivity contribution in [3.8, 4) is 0 Å². The summed E-state index contributed by atoms with van der Waals surface area (Å²) in [5.74, 6) is 0.119. The van der Waals surface area contributed by atoms with Crippen LogP contribution in [0.3, 0.4) is 0 Å². The van der Waals surface area contributed by atoms with Gasteiger partial charge in [0.15, 0.2) is 5.78 Å². The van der Waals surface area contributed by atoms with Gasteiger partial charge in [-0.05, 0) is 50.1 Å². The van der Waals surface area contributed by atoms with Gasteiger partial charge in [-0.25, -0.2) is 0 Å². The van der Waals surface area contributed by atoms with E-state index in [-0.39, 0.29) is 18.1 Å². The molecule has 2 aliphatic rings. The summed E-state index contributed by atoms with van der Waals surface area (Å²) in [5, 5.41) is 0.614. The van der Waals surface area contributed by atoms with Crippen LogP contribution in [-0.2, 0) is 4.79 Å². The van der Waals surface area contributed by atoms with Gasteiger partial charge in [0.2, 0.25) is 5.91 Å². The summed E-state index contributed by atoms with van der Waals surface area (Å²) in [6, 6.07) is 7.38. The maximum atomic E-state index is 12.5. The summed E-state index contributed by atoms with van der Waals surface area (Å²) in [4.78, 5) is 29.1. The fourth-order valence-corrected chi connectivity index (χ4v) is 3.72. The van der Waals surface area contributed by atoms with E-state index in [1.807, 2.05) is 4.90 Å². The highest BCUT2D eigenvalue weighted by molar-refractivity contribution is 6.30. The smallest absolute Gasteiger partial charge is 0.223 e. The Morgan fingerprint density at radius 2 is 1.78 bits per heavy atom. The summed E-state index contributed by atoms with van der Waals surface area (Å²) in [6.07, 6.45) is 4.03. The lowest BCUT2D eigenvalue weighted by Crippen LogP contribution is -2.39. The molecule has 2 saturated heterocycles. The Kier molecular flexibility index (Phi) is 5.34. The van der Waals surface area contributed by atoms with Crippen LogP contribution in [0.2, 0.25) is 5.02 Å². The van der Waals surface area contributed by atoms with Crippen LogP contribution in [0, 0.1) is 0 Å². The number of hydrogen-bond donors (Lipinski definition) is 0. The largest absolute Gasteiger partial charge is 0.341 e. The molecule has 1 atom stereocenters. The van der Waals surface area contributed by atoms with Crippen molar-refractivity contribution in [3.63, 3.8) is 0 Å². The van der Waals surface area contributed by atoms with Crippen LogP contribution in [0.4, 0.5) is 0 Å². The van der Waals surface area contributed by atoms with Crippen molar-refractivity contribution in [3.05, 3.63) is 34.9 Å². The second-order valence-corrected chi connectivity index (χ2v) is 6.89. The molecule has 1 amide bonds. The molecule has 4 nitrogen and oxygen atoms in total. The minimum absolute atomic E-state index is 0.00679. The molecule has 23 heavy (non-hydrogen) atoms. The van der Waals surface area contributed by atoms with Gasteiger partial charge >= 0.3 is 0 Å². The summed E-state index contributed by atoms with van der Waals surface area (Å²) < 4.78 is 0. The molecule has 0 aliphatic carbocycles. The molecule has 2 aliphatic heterocycles. The van der Waals surface area contributed by atoms with E-state index < -0.39 is 0 Å². The van der Waals surface area contributed by atoms with Gasteiger partial charge in [-0.1, -0.05) is 11.6 Å². The zero-order valence-corrected chi connectivity index (χ0v) is 14.1. The lowest BCUT2D eigenvalue weighted by atomic mass is 10.1. The molecule has 1 aromatic carbocycles. The first-order valence-electron chi connectivity index (χ1n) is 8.44. The number of ketones is 1. The maximum absolute atomic E-state index is 12.5. The second kappa shape index (κ2) is 7.45. The van der Waals surface area contributed by atoms with Gasteiger partial charge in [0.25, 0.3) is 0 Å². The van der Waals surface area contributed by atoms with Crippen LogP contribution in [0.25, 0.3) is 0 Å². The van der Waals surface area contributed by atoms with E-state index >= 15 is 0 Å². The average molecular weight is 335 g/mol. The fraction of sp³-hybridized carbons (Fsp3) is 0.556. The molecule has 0 bridgehead atoms. The van der Waals surface area contributed by atoms with Crippen molar-refractivity contribution >= 4 is 23.3 Å². The van der Waals surface area contributed by atoms with E-state index in [2.05, 4.69) is 4.90 Å². The number of carbonyl (C=O) groups excluding carboxylic acids is 2. The van der Waals surface area contributed by atoms with E-state index in [9.17, 15) is 9.59 Å². The van der Waals surface area contributed by atoms with Crippen LogP contribution in [0.1, 0.15) is 42.5 Å². The number of fused-ring (bicyclic) bond motifs is 1. The predicted molar refractivity (Wildman–Crippen MR) is 90.8 cm³/mol. The zero-order valence-electron chi connectivity index (χ0n) is 13.3. The SMILES string of the molecule is O=C(CCC(=O)N1CCCN2CCC[C@H]2C1)c1ccc(Cl)cc1. The minimum atomic E-state index is 0.00679. The third kappa shape index (κ3) is 4.12. The molecule has 0 saturated carbocycles. The molecule has 0 radical (unpaired) electrons. The number of nitrogens with zero attached hydrogens (tertiary/aromatic N) is 2. The monoisotopic (exact) mass is 334 g/mol. The standard InChI is InChI=1S/C18H23ClN2O2/c19-15-6-4-14(5-7-15)17(22)8-9-18(23)21-12-2-11-20-10-1-3-16(20)13-21/h4-7,16H,1-3,8-13H2/t16-/m0/s1. The molecule has 0 N–H and O–H groups in total. The molecule has 124 valence electrons. The van der Waals surface area contributed by atoms with Crippen LogP contribution < -0.4 is 0 Å².